The Morgan fingerprint density at radius 3 is 2.78 bits per heavy atom. The van der Waals surface area contributed by atoms with Gasteiger partial charge in [-0.2, -0.15) is 4.99 Å². The van der Waals surface area contributed by atoms with Crippen molar-refractivity contribution in [2.75, 3.05) is 0 Å². The first-order chi connectivity index (χ1) is 8.69. The highest BCUT2D eigenvalue weighted by atomic mass is 16.5. The minimum absolute atomic E-state index is 0.294. The number of esters is 1. The van der Waals surface area contributed by atoms with Crippen LogP contribution in [0.3, 0.4) is 0 Å². The van der Waals surface area contributed by atoms with Crippen LogP contribution in [0, 0.1) is 0 Å². The molecule has 0 fully saturated rings. The molecule has 1 aromatic carbocycles. The van der Waals surface area contributed by atoms with Crippen molar-refractivity contribution in [3.05, 3.63) is 29.8 Å². The van der Waals surface area contributed by atoms with E-state index in [2.05, 4.69) is 11.9 Å². The van der Waals surface area contributed by atoms with Gasteiger partial charge in [-0.1, -0.05) is 38.0 Å². The molecule has 0 amide bonds. The Bertz CT molecular complexity index is 450. The van der Waals surface area contributed by atoms with Gasteiger partial charge in [-0.3, -0.25) is 4.79 Å². The van der Waals surface area contributed by atoms with Crippen LogP contribution < -0.4 is 4.74 Å². The van der Waals surface area contributed by atoms with Crippen molar-refractivity contribution in [1.82, 2.24) is 0 Å². The van der Waals surface area contributed by atoms with Gasteiger partial charge in [0.05, 0.1) is 6.04 Å². The molecule has 0 aliphatic heterocycles. The van der Waals surface area contributed by atoms with E-state index < -0.39 is 0 Å². The number of para-hydroxylation sites is 1. The summed E-state index contributed by atoms with van der Waals surface area (Å²) in [5.74, 6) is 0.0804. The largest absolute Gasteiger partial charge is 0.426 e. The standard InChI is InChI=1S/C14H17NO3/c1-3-4-8-13(15-10-16)12-7-5-6-9-14(12)18-11(2)17/h5-7,9,13H,3-4,8H2,1-2H3. The van der Waals surface area contributed by atoms with Crippen molar-refractivity contribution in [3.8, 4) is 5.75 Å². The van der Waals surface area contributed by atoms with Gasteiger partial charge in [0.2, 0.25) is 6.08 Å². The van der Waals surface area contributed by atoms with Crippen molar-refractivity contribution in [1.29, 1.82) is 0 Å². The van der Waals surface area contributed by atoms with Crippen LogP contribution in [0.1, 0.15) is 44.7 Å². The Hall–Kier alpha value is -1.93. The summed E-state index contributed by atoms with van der Waals surface area (Å²) < 4.78 is 5.12. The smallest absolute Gasteiger partial charge is 0.308 e. The van der Waals surface area contributed by atoms with Crippen molar-refractivity contribution in [3.63, 3.8) is 0 Å². The van der Waals surface area contributed by atoms with Crippen LogP contribution in [0.5, 0.6) is 5.75 Å². The van der Waals surface area contributed by atoms with Crippen LogP contribution in [0.25, 0.3) is 0 Å². The Balaban J connectivity index is 3.02. The summed E-state index contributed by atoms with van der Waals surface area (Å²) in [5, 5.41) is 0. The number of carbonyl (C=O) groups is 1. The molecule has 4 heteroatoms. The highest BCUT2D eigenvalue weighted by Gasteiger charge is 2.15. The summed E-state index contributed by atoms with van der Waals surface area (Å²) in [6.45, 7) is 3.42. The minimum Gasteiger partial charge on any atom is -0.426 e. The second kappa shape index (κ2) is 7.41. The first-order valence-electron chi connectivity index (χ1n) is 6.03. The predicted molar refractivity (Wildman–Crippen MR) is 68.1 cm³/mol. The summed E-state index contributed by atoms with van der Waals surface area (Å²) in [4.78, 5) is 25.3. The molecule has 0 spiro atoms. The van der Waals surface area contributed by atoms with Crippen LogP contribution in [0.2, 0.25) is 0 Å². The van der Waals surface area contributed by atoms with E-state index in [1.807, 2.05) is 12.1 Å². The van der Waals surface area contributed by atoms with Crippen molar-refractivity contribution in [2.45, 2.75) is 39.2 Å². The van der Waals surface area contributed by atoms with Crippen molar-refractivity contribution < 1.29 is 14.3 Å². The van der Waals surface area contributed by atoms with Crippen LogP contribution in [0.4, 0.5) is 0 Å². The topological polar surface area (TPSA) is 55.7 Å². The molecule has 0 bridgehead atoms. The normalized spacial score (nSPS) is 11.4. The molecule has 18 heavy (non-hydrogen) atoms. The van der Waals surface area contributed by atoms with Gasteiger partial charge in [0, 0.05) is 12.5 Å². The maximum absolute atomic E-state index is 11.0. The lowest BCUT2D eigenvalue weighted by Gasteiger charge is -2.14. The van der Waals surface area contributed by atoms with Gasteiger partial charge in [0.25, 0.3) is 0 Å². The van der Waals surface area contributed by atoms with E-state index in [9.17, 15) is 9.59 Å². The van der Waals surface area contributed by atoms with E-state index in [1.165, 1.54) is 6.92 Å². The molecule has 0 N–H and O–H groups in total. The monoisotopic (exact) mass is 247 g/mol. The van der Waals surface area contributed by atoms with E-state index >= 15 is 0 Å². The third-order valence-corrected chi connectivity index (χ3v) is 2.57. The number of aliphatic imine (C=N–C) groups is 1. The molecule has 1 aromatic rings. The number of benzene rings is 1. The molecule has 4 nitrogen and oxygen atoms in total. The third kappa shape index (κ3) is 4.15. The molecule has 0 aliphatic carbocycles. The lowest BCUT2D eigenvalue weighted by molar-refractivity contribution is -0.131. The summed E-state index contributed by atoms with van der Waals surface area (Å²) >= 11 is 0. The molecule has 96 valence electrons. The SMILES string of the molecule is CCCCC(N=C=O)c1ccccc1OC(C)=O. The van der Waals surface area contributed by atoms with Crippen LogP contribution in [-0.2, 0) is 9.59 Å². The van der Waals surface area contributed by atoms with Crippen LogP contribution >= 0.6 is 0 Å². The first kappa shape index (κ1) is 14.1. The summed E-state index contributed by atoms with van der Waals surface area (Å²) in [6, 6.07) is 6.85. The number of ether oxygens (including phenoxy) is 1. The Kier molecular flexibility index (Phi) is 5.81. The fourth-order valence-corrected chi connectivity index (χ4v) is 1.75. The molecule has 1 unspecified atom stereocenters. The number of carbonyl (C=O) groups excluding carboxylic acids is 2. The molecular weight excluding hydrogens is 230 g/mol. The number of isocyanates is 1. The van der Waals surface area contributed by atoms with Crippen LogP contribution in [-0.4, -0.2) is 12.0 Å². The van der Waals surface area contributed by atoms with Gasteiger partial charge >= 0.3 is 5.97 Å². The molecule has 0 aromatic heterocycles. The second-order valence-electron chi connectivity index (χ2n) is 4.01. The van der Waals surface area contributed by atoms with Crippen molar-refractivity contribution >= 4 is 12.0 Å². The molecule has 0 saturated carbocycles. The zero-order valence-electron chi connectivity index (χ0n) is 10.7. The summed E-state index contributed by atoms with van der Waals surface area (Å²) in [5.41, 5.74) is 0.754. The lowest BCUT2D eigenvalue weighted by atomic mass is 10.0. The Morgan fingerprint density at radius 2 is 2.17 bits per heavy atom. The molecule has 1 atom stereocenters. The van der Waals surface area contributed by atoms with Gasteiger partial charge < -0.3 is 4.74 Å². The molecule has 0 radical (unpaired) electrons. The number of hydrogen-bond acceptors (Lipinski definition) is 4. The Morgan fingerprint density at radius 1 is 1.44 bits per heavy atom. The average Bonchev–Trinajstić information content (AvgIpc) is 2.35. The molecule has 1 rings (SSSR count). The maximum atomic E-state index is 11.0. The zero-order valence-corrected chi connectivity index (χ0v) is 10.7. The fourth-order valence-electron chi connectivity index (χ4n) is 1.75. The third-order valence-electron chi connectivity index (χ3n) is 2.57. The maximum Gasteiger partial charge on any atom is 0.308 e. The van der Waals surface area contributed by atoms with E-state index in [-0.39, 0.29) is 12.0 Å². The molecule has 0 aliphatic rings. The van der Waals surface area contributed by atoms with E-state index in [0.717, 1.165) is 24.8 Å². The molecule has 0 saturated heterocycles. The van der Waals surface area contributed by atoms with E-state index in [1.54, 1.807) is 18.2 Å². The number of rotatable bonds is 6. The van der Waals surface area contributed by atoms with Crippen molar-refractivity contribution in [2.24, 2.45) is 4.99 Å². The van der Waals surface area contributed by atoms with Gasteiger partial charge in [-0.05, 0) is 12.5 Å². The van der Waals surface area contributed by atoms with Crippen LogP contribution in [0.15, 0.2) is 29.3 Å². The average molecular weight is 247 g/mol. The van der Waals surface area contributed by atoms with E-state index in [0.29, 0.717) is 5.75 Å². The lowest BCUT2D eigenvalue weighted by Crippen LogP contribution is -2.06. The van der Waals surface area contributed by atoms with E-state index in [4.69, 9.17) is 4.74 Å². The number of unbranched alkanes of at least 4 members (excludes halogenated alkanes) is 1. The van der Waals surface area contributed by atoms with Gasteiger partial charge in [-0.25, -0.2) is 4.79 Å². The first-order valence-corrected chi connectivity index (χ1v) is 6.03. The number of nitrogens with zero attached hydrogens (tertiary/aromatic N) is 1. The summed E-state index contributed by atoms with van der Waals surface area (Å²) in [7, 11) is 0. The highest BCUT2D eigenvalue weighted by molar-refractivity contribution is 5.69. The molecular formula is C14H17NO3. The summed E-state index contributed by atoms with van der Waals surface area (Å²) in [6.07, 6.45) is 4.29. The predicted octanol–water partition coefficient (Wildman–Crippen LogP) is 3.18. The highest BCUT2D eigenvalue weighted by Crippen LogP contribution is 2.31. The Labute approximate surface area is 107 Å². The number of hydrogen-bond donors (Lipinski definition) is 0. The fraction of sp³-hybridized carbons (Fsp3) is 0.429. The second-order valence-corrected chi connectivity index (χ2v) is 4.01. The zero-order chi connectivity index (χ0) is 13.4. The van der Waals surface area contributed by atoms with Gasteiger partial charge in [0.1, 0.15) is 5.75 Å². The molecule has 0 heterocycles. The van der Waals surface area contributed by atoms with Gasteiger partial charge in [0.15, 0.2) is 0 Å². The minimum atomic E-state index is -0.383. The van der Waals surface area contributed by atoms with Gasteiger partial charge in [-0.15, -0.1) is 0 Å². The quantitative estimate of drug-likeness (QED) is 0.336.